The second kappa shape index (κ2) is 4.87. The van der Waals surface area contributed by atoms with E-state index in [0.29, 0.717) is 11.6 Å². The summed E-state index contributed by atoms with van der Waals surface area (Å²) < 4.78 is 5.61. The lowest BCUT2D eigenvalue weighted by Gasteiger charge is -2.08. The molecule has 0 spiro atoms. The van der Waals surface area contributed by atoms with Crippen LogP contribution >= 0.6 is 0 Å². The number of pyridine rings is 1. The molecule has 1 N–H and O–H groups in total. The van der Waals surface area contributed by atoms with Gasteiger partial charge < -0.3 is 9.84 Å². The molecule has 1 aromatic heterocycles. The summed E-state index contributed by atoms with van der Waals surface area (Å²) in [6.07, 6.45) is 1.65. The number of hydrogen-bond donors (Lipinski definition) is 1. The Bertz CT molecular complexity index is 593. The van der Waals surface area contributed by atoms with E-state index in [1.807, 2.05) is 19.9 Å². The number of carboxylic acid groups (broad SMARTS) is 1. The van der Waals surface area contributed by atoms with Gasteiger partial charge >= 0.3 is 5.97 Å². The first-order valence-corrected chi connectivity index (χ1v) is 5.51. The summed E-state index contributed by atoms with van der Waals surface area (Å²) in [5, 5.41) is 8.94. The minimum atomic E-state index is -0.975. The number of rotatable bonds is 3. The van der Waals surface area contributed by atoms with Crippen molar-refractivity contribution in [3.8, 4) is 11.6 Å². The lowest BCUT2D eigenvalue weighted by Crippen LogP contribution is -1.98. The molecule has 18 heavy (non-hydrogen) atoms. The van der Waals surface area contributed by atoms with Crippen LogP contribution in [0.1, 0.15) is 21.5 Å². The van der Waals surface area contributed by atoms with Crippen molar-refractivity contribution in [3.05, 3.63) is 53.2 Å². The monoisotopic (exact) mass is 243 g/mol. The summed E-state index contributed by atoms with van der Waals surface area (Å²) in [6.45, 7) is 3.80. The first-order valence-electron chi connectivity index (χ1n) is 5.51. The molecule has 0 aliphatic heterocycles. The van der Waals surface area contributed by atoms with Crippen LogP contribution in [0.15, 0.2) is 36.5 Å². The number of carboxylic acids is 1. The molecule has 0 saturated heterocycles. The highest BCUT2D eigenvalue weighted by atomic mass is 16.5. The maximum absolute atomic E-state index is 10.9. The van der Waals surface area contributed by atoms with E-state index in [2.05, 4.69) is 4.98 Å². The Labute approximate surface area is 105 Å². The fraction of sp³-hybridized carbons (Fsp3) is 0.143. The van der Waals surface area contributed by atoms with Crippen molar-refractivity contribution < 1.29 is 14.6 Å². The van der Waals surface area contributed by atoms with Gasteiger partial charge in [0, 0.05) is 12.3 Å². The Balaban J connectivity index is 2.33. The van der Waals surface area contributed by atoms with Gasteiger partial charge in [-0.25, -0.2) is 9.78 Å². The van der Waals surface area contributed by atoms with E-state index in [0.717, 1.165) is 11.1 Å². The number of hydrogen-bond acceptors (Lipinski definition) is 3. The molecule has 0 unspecified atom stereocenters. The van der Waals surface area contributed by atoms with Crippen molar-refractivity contribution in [2.24, 2.45) is 0 Å². The summed E-state index contributed by atoms with van der Waals surface area (Å²) in [4.78, 5) is 15.0. The van der Waals surface area contributed by atoms with Crippen LogP contribution in [0, 0.1) is 13.8 Å². The van der Waals surface area contributed by atoms with Gasteiger partial charge in [0.1, 0.15) is 5.75 Å². The average Bonchev–Trinajstić information content (AvgIpc) is 2.31. The maximum Gasteiger partial charge on any atom is 0.335 e. The molecule has 0 aliphatic carbocycles. The molecule has 0 atom stereocenters. The van der Waals surface area contributed by atoms with Crippen LogP contribution in [-0.4, -0.2) is 16.1 Å². The minimum Gasteiger partial charge on any atom is -0.478 e. The third kappa shape index (κ3) is 2.66. The van der Waals surface area contributed by atoms with E-state index in [4.69, 9.17) is 9.84 Å². The zero-order valence-electron chi connectivity index (χ0n) is 10.2. The Morgan fingerprint density at radius 1 is 1.22 bits per heavy atom. The predicted octanol–water partition coefficient (Wildman–Crippen LogP) is 3.19. The molecule has 0 fully saturated rings. The summed E-state index contributed by atoms with van der Waals surface area (Å²) in [5.74, 6) is -0.00862. The maximum atomic E-state index is 10.9. The zero-order valence-corrected chi connectivity index (χ0v) is 10.2. The first kappa shape index (κ1) is 12.1. The number of aromatic carboxylic acids is 1. The Morgan fingerprint density at radius 2 is 2.00 bits per heavy atom. The Hall–Kier alpha value is -2.36. The molecule has 2 rings (SSSR count). The number of nitrogens with zero attached hydrogens (tertiary/aromatic N) is 1. The van der Waals surface area contributed by atoms with Gasteiger partial charge in [-0.3, -0.25) is 0 Å². The minimum absolute atomic E-state index is 0.197. The van der Waals surface area contributed by atoms with Crippen LogP contribution in [0.5, 0.6) is 11.6 Å². The van der Waals surface area contributed by atoms with E-state index < -0.39 is 5.97 Å². The van der Waals surface area contributed by atoms with Gasteiger partial charge in [-0.15, -0.1) is 0 Å². The van der Waals surface area contributed by atoms with Crippen LogP contribution in [0.3, 0.4) is 0 Å². The molecule has 2 aromatic rings. The fourth-order valence-electron chi connectivity index (χ4n) is 1.52. The van der Waals surface area contributed by atoms with Crippen LogP contribution < -0.4 is 4.74 Å². The summed E-state index contributed by atoms with van der Waals surface area (Å²) in [7, 11) is 0. The normalized spacial score (nSPS) is 10.1. The lowest BCUT2D eigenvalue weighted by atomic mass is 10.1. The largest absolute Gasteiger partial charge is 0.478 e. The van der Waals surface area contributed by atoms with Crippen molar-refractivity contribution in [1.82, 2.24) is 4.98 Å². The van der Waals surface area contributed by atoms with E-state index in [1.165, 1.54) is 6.07 Å². The molecule has 0 amide bonds. The lowest BCUT2D eigenvalue weighted by molar-refractivity contribution is 0.0696. The Kier molecular flexibility index (Phi) is 3.28. The van der Waals surface area contributed by atoms with Gasteiger partial charge in [0.2, 0.25) is 5.88 Å². The smallest absolute Gasteiger partial charge is 0.335 e. The van der Waals surface area contributed by atoms with Gasteiger partial charge in [-0.05, 0) is 43.2 Å². The van der Waals surface area contributed by atoms with Crippen LogP contribution in [0.4, 0.5) is 0 Å². The highest BCUT2D eigenvalue weighted by Crippen LogP contribution is 2.25. The van der Waals surface area contributed by atoms with Crippen molar-refractivity contribution >= 4 is 5.97 Å². The van der Waals surface area contributed by atoms with Crippen LogP contribution in [0.2, 0.25) is 0 Å². The molecular weight excluding hydrogens is 230 g/mol. The third-order valence-corrected chi connectivity index (χ3v) is 2.54. The molecule has 0 saturated carbocycles. The quantitative estimate of drug-likeness (QED) is 0.899. The molecule has 4 heteroatoms. The van der Waals surface area contributed by atoms with Crippen LogP contribution in [0.25, 0.3) is 0 Å². The highest BCUT2D eigenvalue weighted by Gasteiger charge is 2.08. The van der Waals surface area contributed by atoms with E-state index >= 15 is 0 Å². The second-order valence-corrected chi connectivity index (χ2v) is 4.06. The molecule has 0 radical (unpaired) electrons. The first-order chi connectivity index (χ1) is 8.56. The topological polar surface area (TPSA) is 59.4 Å². The molecule has 92 valence electrons. The average molecular weight is 243 g/mol. The van der Waals surface area contributed by atoms with Gasteiger partial charge in [0.15, 0.2) is 0 Å². The van der Waals surface area contributed by atoms with Crippen molar-refractivity contribution in [1.29, 1.82) is 0 Å². The van der Waals surface area contributed by atoms with Gasteiger partial charge in [0.25, 0.3) is 0 Å². The SMILES string of the molecule is Cc1ccnc(Oc2cc(C(=O)O)ccc2C)c1. The van der Waals surface area contributed by atoms with Crippen molar-refractivity contribution in [2.45, 2.75) is 13.8 Å². The van der Waals surface area contributed by atoms with Crippen molar-refractivity contribution in [2.75, 3.05) is 0 Å². The highest BCUT2D eigenvalue weighted by molar-refractivity contribution is 5.88. The number of carbonyl (C=O) groups is 1. The third-order valence-electron chi connectivity index (χ3n) is 2.54. The molecule has 4 nitrogen and oxygen atoms in total. The summed E-state index contributed by atoms with van der Waals surface area (Å²) in [5.41, 5.74) is 2.10. The molecule has 0 bridgehead atoms. The van der Waals surface area contributed by atoms with Crippen molar-refractivity contribution in [3.63, 3.8) is 0 Å². The number of aryl methyl sites for hydroxylation is 2. The molecule has 0 aliphatic rings. The standard InChI is InChI=1S/C14H13NO3/c1-9-5-6-15-13(7-9)18-12-8-11(14(16)17)4-3-10(12)2/h3-8H,1-2H3,(H,16,17). The summed E-state index contributed by atoms with van der Waals surface area (Å²) in [6, 6.07) is 8.44. The molecular formula is C14H13NO3. The molecule has 1 aromatic carbocycles. The van der Waals surface area contributed by atoms with E-state index in [9.17, 15) is 4.79 Å². The second-order valence-electron chi connectivity index (χ2n) is 4.06. The number of aromatic nitrogens is 1. The van der Waals surface area contributed by atoms with Gasteiger partial charge in [-0.1, -0.05) is 6.07 Å². The van der Waals surface area contributed by atoms with E-state index in [1.54, 1.807) is 24.4 Å². The number of ether oxygens (including phenoxy) is 1. The summed E-state index contributed by atoms with van der Waals surface area (Å²) >= 11 is 0. The Morgan fingerprint density at radius 3 is 2.67 bits per heavy atom. The predicted molar refractivity (Wildman–Crippen MR) is 67.2 cm³/mol. The van der Waals surface area contributed by atoms with Gasteiger partial charge in [0.05, 0.1) is 5.56 Å². The zero-order chi connectivity index (χ0) is 13.1. The molecule has 1 heterocycles. The van der Waals surface area contributed by atoms with Crippen LogP contribution in [-0.2, 0) is 0 Å². The van der Waals surface area contributed by atoms with Gasteiger partial charge in [-0.2, -0.15) is 0 Å². The van der Waals surface area contributed by atoms with E-state index in [-0.39, 0.29) is 5.56 Å². The fourth-order valence-corrected chi connectivity index (χ4v) is 1.52. The number of benzene rings is 1.